The monoisotopic (exact) mass is 282 g/mol. The van der Waals surface area contributed by atoms with Crippen molar-refractivity contribution < 1.29 is 4.79 Å². The van der Waals surface area contributed by atoms with Crippen LogP contribution in [0.4, 0.5) is 5.69 Å². The van der Waals surface area contributed by atoms with Gasteiger partial charge in [0.05, 0.1) is 5.69 Å². The minimum Gasteiger partial charge on any atom is -0.286 e. The maximum Gasteiger partial charge on any atom is 0.238 e. The van der Waals surface area contributed by atoms with E-state index in [2.05, 4.69) is 12.3 Å². The van der Waals surface area contributed by atoms with Crippen LogP contribution in [0.1, 0.15) is 24.5 Å². The fourth-order valence-corrected chi connectivity index (χ4v) is 2.16. The molecule has 2 aromatic carbocycles. The molecule has 0 bridgehead atoms. The molecule has 1 amide bonds. The molecular weight excluding hydrogens is 260 g/mol. The highest BCUT2D eigenvalue weighted by Crippen LogP contribution is 2.13. The van der Waals surface area contributed by atoms with Crippen LogP contribution in [0, 0.1) is 6.92 Å². The van der Waals surface area contributed by atoms with Crippen LogP contribution in [0.15, 0.2) is 54.6 Å². The molecule has 3 heteroatoms. The van der Waals surface area contributed by atoms with Gasteiger partial charge in [-0.25, -0.2) is 0 Å². The number of aryl methyl sites for hydroxylation is 2. The fourth-order valence-electron chi connectivity index (χ4n) is 2.16. The molecule has 0 aromatic heterocycles. The molecule has 3 nitrogen and oxygen atoms in total. The maximum atomic E-state index is 12.1. The van der Waals surface area contributed by atoms with E-state index < -0.39 is 0 Å². The van der Waals surface area contributed by atoms with E-state index in [0.29, 0.717) is 6.42 Å². The summed E-state index contributed by atoms with van der Waals surface area (Å²) in [6.07, 6.45) is 1.25. The van der Waals surface area contributed by atoms with E-state index in [0.717, 1.165) is 18.7 Å². The topological polar surface area (TPSA) is 32.3 Å². The number of amides is 1. The van der Waals surface area contributed by atoms with E-state index in [4.69, 9.17) is 0 Å². The Balaban J connectivity index is 1.89. The van der Waals surface area contributed by atoms with Crippen molar-refractivity contribution in [2.45, 2.75) is 26.7 Å². The second kappa shape index (κ2) is 7.48. The highest BCUT2D eigenvalue weighted by Gasteiger charge is 2.08. The van der Waals surface area contributed by atoms with Crippen molar-refractivity contribution in [1.82, 2.24) is 5.43 Å². The van der Waals surface area contributed by atoms with Gasteiger partial charge in [0.2, 0.25) is 5.91 Å². The first kappa shape index (κ1) is 15.1. The fraction of sp³-hybridized carbons (Fsp3) is 0.278. The van der Waals surface area contributed by atoms with Gasteiger partial charge < -0.3 is 0 Å². The molecule has 2 rings (SSSR count). The molecule has 0 spiro atoms. The lowest BCUT2D eigenvalue weighted by Gasteiger charge is -2.24. The van der Waals surface area contributed by atoms with E-state index >= 15 is 0 Å². The molecule has 2 aromatic rings. The van der Waals surface area contributed by atoms with Gasteiger partial charge in [-0.2, -0.15) is 0 Å². The number of hydrazine groups is 1. The minimum absolute atomic E-state index is 0.0429. The van der Waals surface area contributed by atoms with Gasteiger partial charge in [-0.1, -0.05) is 48.0 Å². The number of anilines is 1. The molecule has 0 radical (unpaired) electrons. The summed E-state index contributed by atoms with van der Waals surface area (Å²) >= 11 is 0. The molecule has 0 aliphatic carbocycles. The lowest BCUT2D eigenvalue weighted by Crippen LogP contribution is -2.42. The van der Waals surface area contributed by atoms with Gasteiger partial charge >= 0.3 is 0 Å². The van der Waals surface area contributed by atoms with Crippen LogP contribution in [0.5, 0.6) is 0 Å². The summed E-state index contributed by atoms with van der Waals surface area (Å²) in [7, 11) is 0. The van der Waals surface area contributed by atoms with Crippen LogP contribution < -0.4 is 10.4 Å². The highest BCUT2D eigenvalue weighted by atomic mass is 16.2. The third-order valence-electron chi connectivity index (χ3n) is 3.41. The van der Waals surface area contributed by atoms with E-state index in [1.165, 1.54) is 11.1 Å². The molecule has 0 saturated carbocycles. The van der Waals surface area contributed by atoms with Crippen LogP contribution in [-0.4, -0.2) is 12.5 Å². The normalized spacial score (nSPS) is 10.2. The minimum atomic E-state index is 0.0429. The summed E-state index contributed by atoms with van der Waals surface area (Å²) in [5.74, 6) is 0.0429. The van der Waals surface area contributed by atoms with E-state index in [9.17, 15) is 4.79 Å². The molecule has 0 aliphatic rings. The van der Waals surface area contributed by atoms with Crippen molar-refractivity contribution >= 4 is 11.6 Å². The Morgan fingerprint density at radius 2 is 1.71 bits per heavy atom. The van der Waals surface area contributed by atoms with E-state index in [1.54, 1.807) is 0 Å². The maximum absolute atomic E-state index is 12.1. The van der Waals surface area contributed by atoms with Crippen LogP contribution >= 0.6 is 0 Å². The summed E-state index contributed by atoms with van der Waals surface area (Å²) in [5, 5.41) is 1.88. The zero-order valence-electron chi connectivity index (χ0n) is 12.7. The molecule has 0 aliphatic heterocycles. The van der Waals surface area contributed by atoms with Gasteiger partial charge in [-0.05, 0) is 38.0 Å². The van der Waals surface area contributed by atoms with Gasteiger partial charge in [0.1, 0.15) is 0 Å². The number of nitrogens with one attached hydrogen (secondary N) is 1. The quantitative estimate of drug-likeness (QED) is 0.823. The standard InChI is InChI=1S/C18H22N2O/c1-3-20(17-12-9-15(2)10-13-17)19-18(21)14-11-16-7-5-4-6-8-16/h4-10,12-13H,3,11,14H2,1-2H3,(H,19,21). The zero-order chi connectivity index (χ0) is 15.1. The van der Waals surface area contributed by atoms with Crippen molar-refractivity contribution in [3.8, 4) is 0 Å². The second-order valence-corrected chi connectivity index (χ2v) is 5.10. The van der Waals surface area contributed by atoms with Crippen LogP contribution in [0.2, 0.25) is 0 Å². The number of nitrogens with zero attached hydrogens (tertiary/aromatic N) is 1. The number of carbonyl (C=O) groups is 1. The third kappa shape index (κ3) is 4.63. The molecule has 0 atom stereocenters. The summed E-state index contributed by atoms with van der Waals surface area (Å²) < 4.78 is 0. The molecular formula is C18H22N2O. The first-order chi connectivity index (χ1) is 10.2. The van der Waals surface area contributed by atoms with Gasteiger partial charge in [0, 0.05) is 13.0 Å². The van der Waals surface area contributed by atoms with Gasteiger partial charge in [0.25, 0.3) is 0 Å². The molecule has 21 heavy (non-hydrogen) atoms. The summed E-state index contributed by atoms with van der Waals surface area (Å²) in [6, 6.07) is 18.2. The lowest BCUT2D eigenvalue weighted by molar-refractivity contribution is -0.121. The molecule has 0 unspecified atom stereocenters. The average molecular weight is 282 g/mol. The Hall–Kier alpha value is -2.29. The first-order valence-corrected chi connectivity index (χ1v) is 7.36. The van der Waals surface area contributed by atoms with Crippen molar-refractivity contribution in [3.05, 3.63) is 65.7 Å². The van der Waals surface area contributed by atoms with Crippen LogP contribution in [0.25, 0.3) is 0 Å². The van der Waals surface area contributed by atoms with Crippen molar-refractivity contribution in [3.63, 3.8) is 0 Å². The molecule has 0 fully saturated rings. The van der Waals surface area contributed by atoms with Crippen LogP contribution in [-0.2, 0) is 11.2 Å². The van der Waals surface area contributed by atoms with Crippen molar-refractivity contribution in [2.24, 2.45) is 0 Å². The van der Waals surface area contributed by atoms with Crippen LogP contribution in [0.3, 0.4) is 0 Å². The highest BCUT2D eigenvalue weighted by molar-refractivity contribution is 5.78. The summed E-state index contributed by atoms with van der Waals surface area (Å²) in [6.45, 7) is 4.82. The zero-order valence-corrected chi connectivity index (χ0v) is 12.7. The molecule has 110 valence electrons. The number of benzene rings is 2. The Morgan fingerprint density at radius 3 is 2.33 bits per heavy atom. The largest absolute Gasteiger partial charge is 0.286 e. The SMILES string of the molecule is CCN(NC(=O)CCc1ccccc1)c1ccc(C)cc1. The predicted molar refractivity (Wildman–Crippen MR) is 87.1 cm³/mol. The third-order valence-corrected chi connectivity index (χ3v) is 3.41. The van der Waals surface area contributed by atoms with E-state index in [-0.39, 0.29) is 5.91 Å². The Bertz CT molecular complexity index is 564. The van der Waals surface area contributed by atoms with Gasteiger partial charge in [-0.3, -0.25) is 15.2 Å². The predicted octanol–water partition coefficient (Wildman–Crippen LogP) is 3.49. The molecule has 1 N–H and O–H groups in total. The van der Waals surface area contributed by atoms with E-state index in [1.807, 2.05) is 66.5 Å². The summed E-state index contributed by atoms with van der Waals surface area (Å²) in [4.78, 5) is 12.1. The first-order valence-electron chi connectivity index (χ1n) is 7.36. The number of carbonyl (C=O) groups excluding carboxylic acids is 1. The Kier molecular flexibility index (Phi) is 5.38. The smallest absolute Gasteiger partial charge is 0.238 e. The van der Waals surface area contributed by atoms with Crippen molar-refractivity contribution in [2.75, 3.05) is 11.6 Å². The number of rotatable bonds is 6. The van der Waals surface area contributed by atoms with Gasteiger partial charge in [0.15, 0.2) is 0 Å². The number of hydrogen-bond donors (Lipinski definition) is 1. The van der Waals surface area contributed by atoms with Gasteiger partial charge in [-0.15, -0.1) is 0 Å². The number of hydrogen-bond acceptors (Lipinski definition) is 2. The Labute approximate surface area is 126 Å². The molecule has 0 saturated heterocycles. The average Bonchev–Trinajstić information content (AvgIpc) is 2.52. The lowest BCUT2D eigenvalue weighted by atomic mass is 10.1. The second-order valence-electron chi connectivity index (χ2n) is 5.10. The molecule has 0 heterocycles. The summed E-state index contributed by atoms with van der Waals surface area (Å²) in [5.41, 5.74) is 6.38. The van der Waals surface area contributed by atoms with Crippen molar-refractivity contribution in [1.29, 1.82) is 0 Å². The Morgan fingerprint density at radius 1 is 1.05 bits per heavy atom.